The van der Waals surface area contributed by atoms with Crippen LogP contribution in [-0.2, 0) is 10.0 Å². The SMILES string of the molecule is N#Cc1cn2c(nc1NS(=O)(=O)c1ccccc1)nc1ccccc12. The Bertz CT molecular complexity index is 1240. The van der Waals surface area contributed by atoms with E-state index in [1.54, 1.807) is 22.6 Å². The number of benzene rings is 2. The molecule has 2 aromatic heterocycles. The maximum atomic E-state index is 12.5. The Kier molecular flexibility index (Phi) is 3.37. The minimum absolute atomic E-state index is 0.0471. The van der Waals surface area contributed by atoms with Crippen LogP contribution in [0.25, 0.3) is 16.8 Å². The molecule has 122 valence electrons. The number of nitrogens with zero attached hydrogens (tertiary/aromatic N) is 4. The fourth-order valence-corrected chi connectivity index (χ4v) is 3.58. The monoisotopic (exact) mass is 349 g/mol. The number of nitrogens with one attached hydrogen (secondary N) is 1. The Balaban J connectivity index is 1.87. The van der Waals surface area contributed by atoms with E-state index in [9.17, 15) is 13.7 Å². The molecule has 0 bridgehead atoms. The van der Waals surface area contributed by atoms with Crippen LogP contribution in [0.3, 0.4) is 0 Å². The van der Waals surface area contributed by atoms with Crippen LogP contribution < -0.4 is 4.72 Å². The van der Waals surface area contributed by atoms with Crippen LogP contribution in [0.1, 0.15) is 5.56 Å². The lowest BCUT2D eigenvalue weighted by atomic mass is 10.3. The molecule has 0 radical (unpaired) electrons. The van der Waals surface area contributed by atoms with Crippen LogP contribution in [-0.4, -0.2) is 22.8 Å². The van der Waals surface area contributed by atoms with E-state index in [0.29, 0.717) is 11.3 Å². The first-order chi connectivity index (χ1) is 12.1. The summed E-state index contributed by atoms with van der Waals surface area (Å²) in [6.45, 7) is 0. The number of hydrogen-bond acceptors (Lipinski definition) is 5. The molecule has 4 rings (SSSR count). The number of anilines is 1. The van der Waals surface area contributed by atoms with Gasteiger partial charge in [0.25, 0.3) is 10.0 Å². The van der Waals surface area contributed by atoms with Crippen LogP contribution in [0.5, 0.6) is 0 Å². The van der Waals surface area contributed by atoms with E-state index in [4.69, 9.17) is 0 Å². The van der Waals surface area contributed by atoms with E-state index in [1.807, 2.05) is 30.3 Å². The molecule has 2 heterocycles. The van der Waals surface area contributed by atoms with Gasteiger partial charge in [0.1, 0.15) is 11.6 Å². The van der Waals surface area contributed by atoms with Crippen LogP contribution in [0.15, 0.2) is 65.7 Å². The third-order valence-electron chi connectivity index (χ3n) is 3.71. The highest BCUT2D eigenvalue weighted by atomic mass is 32.2. The molecule has 4 aromatic rings. The van der Waals surface area contributed by atoms with Gasteiger partial charge >= 0.3 is 0 Å². The standard InChI is InChI=1S/C17H11N5O2S/c18-10-12-11-22-15-9-5-4-8-14(15)19-17(22)20-16(12)21-25(23,24)13-6-2-1-3-7-13/h1-9,11H,(H,19,20,21). The van der Waals surface area contributed by atoms with Crippen LogP contribution in [0, 0.1) is 11.3 Å². The van der Waals surface area contributed by atoms with Crippen molar-refractivity contribution in [1.82, 2.24) is 14.4 Å². The molecule has 0 aliphatic heterocycles. The summed E-state index contributed by atoms with van der Waals surface area (Å²) < 4.78 is 29.0. The number of fused-ring (bicyclic) bond motifs is 3. The lowest BCUT2D eigenvalue weighted by Crippen LogP contribution is -2.15. The van der Waals surface area contributed by atoms with Gasteiger partial charge in [0, 0.05) is 6.20 Å². The molecule has 2 aromatic carbocycles. The van der Waals surface area contributed by atoms with Crippen molar-refractivity contribution in [3.8, 4) is 6.07 Å². The molecule has 0 aliphatic carbocycles. The predicted molar refractivity (Wildman–Crippen MR) is 92.5 cm³/mol. The maximum Gasteiger partial charge on any atom is 0.263 e. The molecule has 1 N–H and O–H groups in total. The third kappa shape index (κ3) is 2.56. The largest absolute Gasteiger partial charge is 0.282 e. The highest BCUT2D eigenvalue weighted by Gasteiger charge is 2.18. The molecule has 8 heteroatoms. The van der Waals surface area contributed by atoms with Crippen LogP contribution in [0.4, 0.5) is 5.82 Å². The van der Waals surface area contributed by atoms with E-state index in [-0.39, 0.29) is 16.3 Å². The fraction of sp³-hybridized carbons (Fsp3) is 0. The average Bonchev–Trinajstić information content (AvgIpc) is 2.99. The first kappa shape index (κ1) is 15.1. The van der Waals surface area contributed by atoms with Gasteiger partial charge < -0.3 is 0 Å². The molecule has 25 heavy (non-hydrogen) atoms. The number of hydrogen-bond donors (Lipinski definition) is 1. The van der Waals surface area contributed by atoms with Crippen molar-refractivity contribution in [2.75, 3.05) is 4.72 Å². The Morgan fingerprint density at radius 2 is 1.72 bits per heavy atom. The maximum absolute atomic E-state index is 12.5. The van der Waals surface area contributed by atoms with Crippen molar-refractivity contribution < 1.29 is 8.42 Å². The Labute approximate surface area is 143 Å². The summed E-state index contributed by atoms with van der Waals surface area (Å²) in [7, 11) is -3.85. The number of nitriles is 1. The molecule has 0 amide bonds. The zero-order valence-electron chi connectivity index (χ0n) is 12.8. The number of rotatable bonds is 3. The van der Waals surface area contributed by atoms with Crippen molar-refractivity contribution in [2.24, 2.45) is 0 Å². The lowest BCUT2D eigenvalue weighted by Gasteiger charge is -2.09. The highest BCUT2D eigenvalue weighted by Crippen LogP contribution is 2.22. The van der Waals surface area contributed by atoms with Gasteiger partial charge in [-0.25, -0.2) is 13.4 Å². The second-order valence-corrected chi connectivity index (χ2v) is 6.99. The number of aromatic nitrogens is 3. The fourth-order valence-electron chi connectivity index (χ4n) is 2.53. The van der Waals surface area contributed by atoms with Crippen LogP contribution >= 0.6 is 0 Å². The second-order valence-electron chi connectivity index (χ2n) is 5.30. The molecule has 0 unspecified atom stereocenters. The summed E-state index contributed by atoms with van der Waals surface area (Å²) in [6.07, 6.45) is 1.53. The summed E-state index contributed by atoms with van der Waals surface area (Å²) in [5.41, 5.74) is 1.61. The molecular formula is C17H11N5O2S. The summed E-state index contributed by atoms with van der Waals surface area (Å²) in [5.74, 6) is 0.264. The zero-order valence-corrected chi connectivity index (χ0v) is 13.6. The summed E-state index contributed by atoms with van der Waals surface area (Å²) in [4.78, 5) is 8.69. The van der Waals surface area contributed by atoms with Crippen molar-refractivity contribution in [3.63, 3.8) is 0 Å². The summed E-state index contributed by atoms with van der Waals surface area (Å²) in [6, 6.07) is 17.3. The highest BCUT2D eigenvalue weighted by molar-refractivity contribution is 7.92. The Hall–Kier alpha value is -3.44. The molecular weight excluding hydrogens is 338 g/mol. The van der Waals surface area contributed by atoms with Crippen molar-refractivity contribution in [3.05, 3.63) is 66.4 Å². The van der Waals surface area contributed by atoms with Gasteiger partial charge in [0.2, 0.25) is 5.78 Å². The molecule has 0 saturated heterocycles. The first-order valence-electron chi connectivity index (χ1n) is 7.34. The first-order valence-corrected chi connectivity index (χ1v) is 8.82. The molecule has 0 aliphatic rings. The van der Waals surface area contributed by atoms with E-state index < -0.39 is 10.0 Å². The van der Waals surface area contributed by atoms with Gasteiger partial charge in [-0.05, 0) is 24.3 Å². The molecule has 0 spiro atoms. The quantitative estimate of drug-likeness (QED) is 0.613. The minimum atomic E-state index is -3.85. The second kappa shape index (κ2) is 5.58. The molecule has 0 saturated carbocycles. The van der Waals surface area contributed by atoms with Gasteiger partial charge in [-0.3, -0.25) is 9.12 Å². The molecule has 0 atom stereocenters. The predicted octanol–water partition coefficient (Wildman–Crippen LogP) is 2.55. The van der Waals surface area contributed by atoms with Gasteiger partial charge in [0.15, 0.2) is 5.82 Å². The number of sulfonamides is 1. The molecule has 7 nitrogen and oxygen atoms in total. The minimum Gasteiger partial charge on any atom is -0.282 e. The zero-order chi connectivity index (χ0) is 17.4. The average molecular weight is 349 g/mol. The van der Waals surface area contributed by atoms with E-state index >= 15 is 0 Å². The molecule has 0 fully saturated rings. The van der Waals surface area contributed by atoms with Gasteiger partial charge in [-0.2, -0.15) is 10.2 Å². The van der Waals surface area contributed by atoms with Crippen molar-refractivity contribution in [2.45, 2.75) is 4.90 Å². The summed E-state index contributed by atoms with van der Waals surface area (Å²) >= 11 is 0. The normalized spacial score (nSPS) is 11.5. The van der Waals surface area contributed by atoms with E-state index in [0.717, 1.165) is 5.52 Å². The van der Waals surface area contributed by atoms with E-state index in [2.05, 4.69) is 14.7 Å². The lowest BCUT2D eigenvalue weighted by molar-refractivity contribution is 0.601. The van der Waals surface area contributed by atoms with Gasteiger partial charge in [-0.15, -0.1) is 0 Å². The van der Waals surface area contributed by atoms with Crippen molar-refractivity contribution in [1.29, 1.82) is 5.26 Å². The summed E-state index contributed by atoms with van der Waals surface area (Å²) in [5, 5.41) is 9.40. The number of para-hydroxylation sites is 2. The van der Waals surface area contributed by atoms with Gasteiger partial charge in [-0.1, -0.05) is 30.3 Å². The number of imidazole rings is 1. The third-order valence-corrected chi connectivity index (χ3v) is 5.06. The van der Waals surface area contributed by atoms with Gasteiger partial charge in [0.05, 0.1) is 15.9 Å². The van der Waals surface area contributed by atoms with E-state index in [1.165, 1.54) is 18.3 Å². The Morgan fingerprint density at radius 1 is 1.00 bits per heavy atom. The topological polar surface area (TPSA) is 100 Å². The smallest absolute Gasteiger partial charge is 0.263 e. The van der Waals surface area contributed by atoms with Crippen molar-refractivity contribution >= 4 is 32.7 Å². The Morgan fingerprint density at radius 3 is 2.48 bits per heavy atom. The van der Waals surface area contributed by atoms with Crippen LogP contribution in [0.2, 0.25) is 0 Å².